The number of rotatable bonds is 6. The molecule has 0 saturated carbocycles. The highest BCUT2D eigenvalue weighted by Crippen LogP contribution is 2.14. The van der Waals surface area contributed by atoms with Gasteiger partial charge in [-0.3, -0.25) is 0 Å². The van der Waals surface area contributed by atoms with Gasteiger partial charge in [0.05, 0.1) is 13.1 Å². The second kappa shape index (κ2) is 6.47. The third kappa shape index (κ3) is 3.85. The molecule has 0 aromatic carbocycles. The van der Waals surface area contributed by atoms with Gasteiger partial charge in [0.2, 0.25) is 5.95 Å². The molecule has 3 heterocycles. The number of aromatic nitrogens is 4. The predicted molar refractivity (Wildman–Crippen MR) is 83.9 cm³/mol. The third-order valence-electron chi connectivity index (χ3n) is 3.19. The normalized spacial score (nSPS) is 10.7. The van der Waals surface area contributed by atoms with Crippen molar-refractivity contribution in [3.05, 3.63) is 46.8 Å². The maximum atomic E-state index is 5.05. The van der Waals surface area contributed by atoms with Crippen LogP contribution in [-0.4, -0.2) is 20.3 Å². The summed E-state index contributed by atoms with van der Waals surface area (Å²) in [5.74, 6) is 2.83. The molecule has 3 aromatic heterocycles. The average Bonchev–Trinajstić information content (AvgIpc) is 3.13. The van der Waals surface area contributed by atoms with Gasteiger partial charge in [-0.1, -0.05) is 10.3 Å². The van der Waals surface area contributed by atoms with E-state index in [0.29, 0.717) is 19.0 Å². The van der Waals surface area contributed by atoms with Crippen molar-refractivity contribution in [2.75, 3.05) is 10.6 Å². The van der Waals surface area contributed by atoms with Crippen LogP contribution in [0.4, 0.5) is 11.8 Å². The molecule has 0 aliphatic carbocycles. The van der Waals surface area contributed by atoms with E-state index in [0.717, 1.165) is 34.3 Å². The summed E-state index contributed by atoms with van der Waals surface area (Å²) < 4.78 is 10.1. The molecule has 0 spiro atoms. The summed E-state index contributed by atoms with van der Waals surface area (Å²) in [6.45, 7) is 6.70. The smallest absolute Gasteiger partial charge is 0.224 e. The van der Waals surface area contributed by atoms with E-state index in [4.69, 9.17) is 9.05 Å². The van der Waals surface area contributed by atoms with Crippen LogP contribution in [0, 0.1) is 20.8 Å². The Bertz CT molecular complexity index is 795. The molecule has 0 bridgehead atoms. The lowest BCUT2D eigenvalue weighted by atomic mass is 10.3. The zero-order valence-corrected chi connectivity index (χ0v) is 13.3. The highest BCUT2D eigenvalue weighted by molar-refractivity contribution is 5.46. The van der Waals surface area contributed by atoms with Crippen molar-refractivity contribution >= 4 is 11.8 Å². The van der Waals surface area contributed by atoms with E-state index in [-0.39, 0.29) is 0 Å². The maximum Gasteiger partial charge on any atom is 0.224 e. The van der Waals surface area contributed by atoms with Gasteiger partial charge in [0.15, 0.2) is 0 Å². The van der Waals surface area contributed by atoms with Crippen LogP contribution in [0.2, 0.25) is 0 Å². The predicted octanol–water partition coefficient (Wildman–Crippen LogP) is 2.60. The summed E-state index contributed by atoms with van der Waals surface area (Å²) >= 11 is 0. The van der Waals surface area contributed by atoms with Gasteiger partial charge in [-0.05, 0) is 20.8 Å². The van der Waals surface area contributed by atoms with Crippen LogP contribution in [0.1, 0.15) is 28.5 Å². The fourth-order valence-corrected chi connectivity index (χ4v) is 2.05. The van der Waals surface area contributed by atoms with Crippen molar-refractivity contribution in [1.29, 1.82) is 0 Å². The van der Waals surface area contributed by atoms with Gasteiger partial charge >= 0.3 is 0 Å². The molecule has 8 heteroatoms. The first-order valence-corrected chi connectivity index (χ1v) is 7.26. The van der Waals surface area contributed by atoms with Gasteiger partial charge in [0.1, 0.15) is 28.7 Å². The first-order valence-electron chi connectivity index (χ1n) is 7.26. The van der Waals surface area contributed by atoms with Crippen molar-refractivity contribution in [3.63, 3.8) is 0 Å². The van der Waals surface area contributed by atoms with E-state index in [9.17, 15) is 0 Å². The maximum absolute atomic E-state index is 5.05. The molecule has 0 saturated heterocycles. The first-order chi connectivity index (χ1) is 11.1. The Morgan fingerprint density at radius 1 is 0.913 bits per heavy atom. The number of hydrogen-bond acceptors (Lipinski definition) is 8. The second-order valence-electron chi connectivity index (χ2n) is 5.29. The zero-order valence-electron chi connectivity index (χ0n) is 13.3. The van der Waals surface area contributed by atoms with Gasteiger partial charge in [-0.15, -0.1) is 0 Å². The Morgan fingerprint density at radius 3 is 2.09 bits per heavy atom. The summed E-state index contributed by atoms with van der Waals surface area (Å²) in [6.07, 6.45) is 1.76. The minimum atomic E-state index is 0.502. The van der Waals surface area contributed by atoms with E-state index < -0.39 is 0 Å². The zero-order chi connectivity index (χ0) is 16.2. The molecular formula is C15H18N6O2. The van der Waals surface area contributed by atoms with Crippen LogP contribution >= 0.6 is 0 Å². The molecule has 2 N–H and O–H groups in total. The van der Waals surface area contributed by atoms with E-state index in [2.05, 4.69) is 30.9 Å². The number of aryl methyl sites for hydroxylation is 3. The Balaban J connectivity index is 1.63. The molecule has 0 aliphatic rings. The van der Waals surface area contributed by atoms with Crippen LogP contribution in [0.5, 0.6) is 0 Å². The molecule has 0 fully saturated rings. The molecule has 3 aromatic rings. The van der Waals surface area contributed by atoms with Crippen LogP contribution in [0.15, 0.2) is 27.4 Å². The fraction of sp³-hybridized carbons (Fsp3) is 0.333. The van der Waals surface area contributed by atoms with Crippen LogP contribution in [0.3, 0.4) is 0 Å². The average molecular weight is 314 g/mol. The lowest BCUT2D eigenvalue weighted by Gasteiger charge is -2.09. The van der Waals surface area contributed by atoms with Crippen molar-refractivity contribution in [1.82, 2.24) is 20.3 Å². The summed E-state index contributed by atoms with van der Waals surface area (Å²) in [5.41, 5.74) is 2.58. The first kappa shape index (κ1) is 15.0. The van der Waals surface area contributed by atoms with Crippen molar-refractivity contribution in [2.45, 2.75) is 33.9 Å². The number of nitrogens with one attached hydrogen (secondary N) is 2. The Morgan fingerprint density at radius 2 is 1.52 bits per heavy atom. The molecule has 0 unspecified atom stereocenters. The minimum absolute atomic E-state index is 0.502. The van der Waals surface area contributed by atoms with E-state index in [1.54, 1.807) is 6.20 Å². The topological polar surface area (TPSA) is 102 Å². The molecular weight excluding hydrogens is 296 g/mol. The van der Waals surface area contributed by atoms with Gasteiger partial charge in [0.25, 0.3) is 0 Å². The third-order valence-corrected chi connectivity index (χ3v) is 3.19. The molecule has 0 radical (unpaired) electrons. The molecule has 0 atom stereocenters. The quantitative estimate of drug-likeness (QED) is 0.716. The van der Waals surface area contributed by atoms with Crippen LogP contribution in [-0.2, 0) is 13.1 Å². The molecule has 3 rings (SSSR count). The summed E-state index contributed by atoms with van der Waals surface area (Å²) in [7, 11) is 0. The SMILES string of the molecule is Cc1cc(CNc2ncc(C)c(NCc3cc(C)on3)n2)no1. The molecule has 0 aliphatic heterocycles. The van der Waals surface area contributed by atoms with Gasteiger partial charge in [-0.25, -0.2) is 4.98 Å². The summed E-state index contributed by atoms with van der Waals surface area (Å²) in [5, 5.41) is 14.2. The number of anilines is 2. The molecule has 23 heavy (non-hydrogen) atoms. The lowest BCUT2D eigenvalue weighted by molar-refractivity contribution is 0.391. The molecule has 8 nitrogen and oxygen atoms in total. The Labute approximate surface area is 133 Å². The Kier molecular flexibility index (Phi) is 4.22. The standard InChI is InChI=1S/C15H18N6O2/c1-9-6-17-15(18-8-13-5-11(3)23-21-13)19-14(9)16-7-12-4-10(2)22-20-12/h4-6H,7-8H2,1-3H3,(H2,16,17,18,19). The van der Waals surface area contributed by atoms with E-state index in [1.165, 1.54) is 0 Å². The van der Waals surface area contributed by atoms with Crippen molar-refractivity contribution < 1.29 is 9.05 Å². The lowest BCUT2D eigenvalue weighted by Crippen LogP contribution is -2.08. The van der Waals surface area contributed by atoms with Crippen LogP contribution in [0.25, 0.3) is 0 Å². The van der Waals surface area contributed by atoms with Gasteiger partial charge < -0.3 is 19.7 Å². The van der Waals surface area contributed by atoms with Gasteiger partial charge in [-0.2, -0.15) is 4.98 Å². The van der Waals surface area contributed by atoms with E-state index >= 15 is 0 Å². The van der Waals surface area contributed by atoms with E-state index in [1.807, 2.05) is 32.9 Å². The molecule has 0 amide bonds. The number of hydrogen-bond donors (Lipinski definition) is 2. The highest BCUT2D eigenvalue weighted by atomic mass is 16.5. The molecule has 120 valence electrons. The summed E-state index contributed by atoms with van der Waals surface area (Å²) in [6, 6.07) is 3.75. The fourth-order valence-electron chi connectivity index (χ4n) is 2.05. The largest absolute Gasteiger partial charge is 0.364 e. The van der Waals surface area contributed by atoms with Crippen molar-refractivity contribution in [2.24, 2.45) is 0 Å². The Hall–Kier alpha value is -2.90. The summed E-state index contributed by atoms with van der Waals surface area (Å²) in [4.78, 5) is 8.73. The highest BCUT2D eigenvalue weighted by Gasteiger charge is 2.07. The monoisotopic (exact) mass is 314 g/mol. The second-order valence-corrected chi connectivity index (χ2v) is 5.29. The minimum Gasteiger partial charge on any atom is -0.364 e. The van der Waals surface area contributed by atoms with Crippen LogP contribution < -0.4 is 10.6 Å². The van der Waals surface area contributed by atoms with Crippen molar-refractivity contribution in [3.8, 4) is 0 Å². The van der Waals surface area contributed by atoms with Gasteiger partial charge in [0, 0.05) is 23.9 Å². The number of nitrogens with zero attached hydrogens (tertiary/aromatic N) is 4.